The van der Waals surface area contributed by atoms with Crippen LogP contribution >= 0.6 is 0 Å². The van der Waals surface area contributed by atoms with Gasteiger partial charge in [0, 0.05) is 6.92 Å². The van der Waals surface area contributed by atoms with Gasteiger partial charge in [0.25, 0.3) is 5.54 Å². The first-order valence-electron chi connectivity index (χ1n) is 12.3. The van der Waals surface area contributed by atoms with Crippen molar-refractivity contribution in [1.29, 1.82) is 0 Å². The molecule has 2 atom stereocenters. The molecule has 0 spiro atoms. The van der Waals surface area contributed by atoms with E-state index in [0.717, 1.165) is 24.0 Å². The first-order chi connectivity index (χ1) is 15.7. The van der Waals surface area contributed by atoms with Crippen LogP contribution in [0, 0.1) is 0 Å². The van der Waals surface area contributed by atoms with Crippen molar-refractivity contribution in [3.8, 4) is 0 Å². The number of carbonyl (C=O) groups is 3. The summed E-state index contributed by atoms with van der Waals surface area (Å²) >= 11 is 0. The number of unbranched alkanes of at least 4 members (excludes halogenated alkanes) is 5. The number of hydrogen-bond donors (Lipinski definition) is 2. The SMILES string of the molecule is CCCCCCCCc1ccc2c(c1)CCC(C(NC(C)=O)(C(=O)O)C(=O)OC(C)CC)=C2. The Bertz CT molecular complexity index is 875. The van der Waals surface area contributed by atoms with Crippen molar-refractivity contribution >= 4 is 23.9 Å². The van der Waals surface area contributed by atoms with Gasteiger partial charge in [-0.25, -0.2) is 9.59 Å². The van der Waals surface area contributed by atoms with Crippen LogP contribution < -0.4 is 5.32 Å². The summed E-state index contributed by atoms with van der Waals surface area (Å²) in [6.07, 6.45) is 11.3. The standard InChI is InChI=1S/C27H39NO5/c1-5-7-8-9-10-11-12-21-13-14-23-18-24(16-15-22(23)17-21)27(25(30)31,28-20(4)29)26(32)33-19(3)6-2/h13-14,17-19H,5-12,15-16H2,1-4H3,(H,28,29)(H,30,31). The molecule has 1 amide bonds. The van der Waals surface area contributed by atoms with Gasteiger partial charge in [0.15, 0.2) is 0 Å². The molecule has 33 heavy (non-hydrogen) atoms. The van der Waals surface area contributed by atoms with Crippen LogP contribution in [0.2, 0.25) is 0 Å². The number of hydrogen-bond acceptors (Lipinski definition) is 4. The fourth-order valence-corrected chi connectivity index (χ4v) is 4.27. The molecule has 6 nitrogen and oxygen atoms in total. The lowest BCUT2D eigenvalue weighted by Gasteiger charge is -2.33. The van der Waals surface area contributed by atoms with E-state index in [4.69, 9.17) is 4.74 Å². The minimum atomic E-state index is -2.22. The molecule has 0 heterocycles. The van der Waals surface area contributed by atoms with E-state index >= 15 is 0 Å². The zero-order valence-corrected chi connectivity index (χ0v) is 20.5. The number of carbonyl (C=O) groups excluding carboxylic acids is 2. The van der Waals surface area contributed by atoms with Gasteiger partial charge in [-0.2, -0.15) is 0 Å². The van der Waals surface area contributed by atoms with E-state index in [2.05, 4.69) is 24.4 Å². The maximum Gasteiger partial charge on any atom is 0.348 e. The molecule has 1 aliphatic carbocycles. The van der Waals surface area contributed by atoms with Crippen molar-refractivity contribution in [2.75, 3.05) is 0 Å². The van der Waals surface area contributed by atoms with Crippen LogP contribution in [0.1, 0.15) is 95.8 Å². The van der Waals surface area contributed by atoms with Gasteiger partial charge in [0.1, 0.15) is 0 Å². The van der Waals surface area contributed by atoms with Crippen LogP contribution in [0.15, 0.2) is 23.8 Å². The van der Waals surface area contributed by atoms with Gasteiger partial charge in [-0.15, -0.1) is 0 Å². The Hall–Kier alpha value is -2.63. The van der Waals surface area contributed by atoms with E-state index in [0.29, 0.717) is 24.8 Å². The minimum Gasteiger partial charge on any atom is -0.479 e. The average Bonchev–Trinajstić information content (AvgIpc) is 2.78. The number of benzene rings is 1. The maximum atomic E-state index is 13.0. The molecule has 0 fully saturated rings. The van der Waals surface area contributed by atoms with E-state index in [9.17, 15) is 19.5 Å². The second-order valence-electron chi connectivity index (χ2n) is 9.08. The number of amides is 1. The van der Waals surface area contributed by atoms with Crippen LogP contribution in [-0.2, 0) is 32.0 Å². The Morgan fingerprint density at radius 1 is 1.09 bits per heavy atom. The highest BCUT2D eigenvalue weighted by Crippen LogP contribution is 2.33. The summed E-state index contributed by atoms with van der Waals surface area (Å²) in [7, 11) is 0. The number of carboxylic acid groups (broad SMARTS) is 1. The molecule has 2 rings (SSSR count). The molecule has 0 aliphatic heterocycles. The summed E-state index contributed by atoms with van der Waals surface area (Å²) in [4.78, 5) is 37.4. The zero-order chi connectivity index (χ0) is 24.4. The molecular weight excluding hydrogens is 418 g/mol. The molecule has 182 valence electrons. The highest BCUT2D eigenvalue weighted by atomic mass is 16.5. The monoisotopic (exact) mass is 457 g/mol. The first-order valence-corrected chi connectivity index (χ1v) is 12.3. The number of aryl methyl sites for hydroxylation is 2. The minimum absolute atomic E-state index is 0.342. The lowest BCUT2D eigenvalue weighted by atomic mass is 9.79. The van der Waals surface area contributed by atoms with Gasteiger partial charge in [-0.05, 0) is 61.3 Å². The fraction of sp³-hybridized carbons (Fsp3) is 0.593. The summed E-state index contributed by atoms with van der Waals surface area (Å²) in [6, 6.07) is 6.25. The van der Waals surface area contributed by atoms with Crippen molar-refractivity contribution < 1.29 is 24.2 Å². The van der Waals surface area contributed by atoms with Crippen LogP contribution in [0.25, 0.3) is 6.08 Å². The number of rotatable bonds is 13. The van der Waals surface area contributed by atoms with Gasteiger partial charge in [0.2, 0.25) is 5.91 Å². The van der Waals surface area contributed by atoms with Crippen molar-refractivity contribution in [1.82, 2.24) is 5.32 Å². The largest absolute Gasteiger partial charge is 0.479 e. The predicted molar refractivity (Wildman–Crippen MR) is 130 cm³/mol. The number of carboxylic acids is 1. The van der Waals surface area contributed by atoms with Gasteiger partial charge in [-0.1, -0.05) is 70.2 Å². The Labute approximate surface area is 197 Å². The van der Waals surface area contributed by atoms with E-state index in [-0.39, 0.29) is 0 Å². The number of fused-ring (bicyclic) bond motifs is 1. The smallest absolute Gasteiger partial charge is 0.348 e. The van der Waals surface area contributed by atoms with Crippen molar-refractivity contribution in [3.63, 3.8) is 0 Å². The van der Waals surface area contributed by atoms with Crippen LogP contribution in [0.3, 0.4) is 0 Å². The molecule has 2 N–H and O–H groups in total. The third-order valence-corrected chi connectivity index (χ3v) is 6.38. The van der Waals surface area contributed by atoms with E-state index in [1.54, 1.807) is 13.0 Å². The summed E-state index contributed by atoms with van der Waals surface area (Å²) < 4.78 is 5.39. The summed E-state index contributed by atoms with van der Waals surface area (Å²) in [6.45, 7) is 6.98. The molecule has 0 bridgehead atoms. The summed E-state index contributed by atoms with van der Waals surface area (Å²) in [5, 5.41) is 12.5. The van der Waals surface area contributed by atoms with Gasteiger partial charge < -0.3 is 15.2 Å². The van der Waals surface area contributed by atoms with E-state index in [1.165, 1.54) is 44.6 Å². The molecule has 0 saturated carbocycles. The Morgan fingerprint density at radius 2 is 1.79 bits per heavy atom. The molecule has 6 heteroatoms. The zero-order valence-electron chi connectivity index (χ0n) is 20.5. The molecule has 1 aromatic carbocycles. The Balaban J connectivity index is 2.26. The Kier molecular flexibility index (Phi) is 10.1. The van der Waals surface area contributed by atoms with Crippen molar-refractivity contribution in [2.24, 2.45) is 0 Å². The second kappa shape index (κ2) is 12.6. The molecule has 0 saturated heterocycles. The summed E-state index contributed by atoms with van der Waals surface area (Å²) in [5.74, 6) is -2.98. The molecular formula is C27H39NO5. The quantitative estimate of drug-likeness (QED) is 0.241. The van der Waals surface area contributed by atoms with E-state index in [1.807, 2.05) is 13.0 Å². The predicted octanol–water partition coefficient (Wildman–Crippen LogP) is 5.22. The Morgan fingerprint density at radius 3 is 2.42 bits per heavy atom. The number of ether oxygens (including phenoxy) is 1. The van der Waals surface area contributed by atoms with E-state index < -0.39 is 29.5 Å². The lowest BCUT2D eigenvalue weighted by Crippen LogP contribution is -2.62. The first kappa shape index (κ1) is 26.6. The van der Waals surface area contributed by atoms with Crippen LogP contribution in [0.5, 0.6) is 0 Å². The maximum absolute atomic E-state index is 13.0. The third-order valence-electron chi connectivity index (χ3n) is 6.38. The van der Waals surface area contributed by atoms with Crippen LogP contribution in [-0.4, -0.2) is 34.6 Å². The van der Waals surface area contributed by atoms with Gasteiger partial charge in [0.05, 0.1) is 6.10 Å². The highest BCUT2D eigenvalue weighted by molar-refractivity contribution is 6.11. The third kappa shape index (κ3) is 6.92. The number of esters is 1. The normalized spacial score (nSPS) is 15.6. The van der Waals surface area contributed by atoms with Gasteiger partial charge >= 0.3 is 11.9 Å². The lowest BCUT2D eigenvalue weighted by molar-refractivity contribution is -0.165. The topological polar surface area (TPSA) is 92.7 Å². The van der Waals surface area contributed by atoms with Gasteiger partial charge in [-0.3, -0.25) is 4.79 Å². The fourth-order valence-electron chi connectivity index (χ4n) is 4.27. The molecule has 0 aromatic heterocycles. The number of nitrogens with one attached hydrogen (secondary N) is 1. The molecule has 0 radical (unpaired) electrons. The van der Waals surface area contributed by atoms with Crippen molar-refractivity contribution in [3.05, 3.63) is 40.5 Å². The van der Waals surface area contributed by atoms with Crippen LogP contribution in [0.4, 0.5) is 0 Å². The second-order valence-corrected chi connectivity index (χ2v) is 9.08. The van der Waals surface area contributed by atoms with Crippen molar-refractivity contribution in [2.45, 2.75) is 104 Å². The molecule has 1 aromatic rings. The molecule has 1 aliphatic rings. The summed E-state index contributed by atoms with van der Waals surface area (Å²) in [5.41, 5.74) is 1.43. The molecule has 2 unspecified atom stereocenters. The number of aliphatic carboxylic acids is 1. The average molecular weight is 458 g/mol. The highest BCUT2D eigenvalue weighted by Gasteiger charge is 2.52.